The van der Waals surface area contributed by atoms with Crippen molar-refractivity contribution in [2.45, 2.75) is 31.3 Å². The molecule has 3 atom stereocenters. The van der Waals surface area contributed by atoms with E-state index in [-0.39, 0.29) is 30.4 Å². The number of rotatable bonds is 5. The van der Waals surface area contributed by atoms with Crippen LogP contribution in [0.4, 0.5) is 4.39 Å². The zero-order valence-electron chi connectivity index (χ0n) is 10.8. The van der Waals surface area contributed by atoms with E-state index in [0.717, 1.165) is 23.7 Å². The first kappa shape index (κ1) is 14.9. The second kappa shape index (κ2) is 6.79. The van der Waals surface area contributed by atoms with Gasteiger partial charge >= 0.3 is 0 Å². The van der Waals surface area contributed by atoms with Crippen LogP contribution >= 0.6 is 15.9 Å². The van der Waals surface area contributed by atoms with Gasteiger partial charge in [-0.3, -0.25) is 0 Å². The predicted molar refractivity (Wildman–Crippen MR) is 77.2 cm³/mol. The monoisotopic (exact) mass is 330 g/mol. The Morgan fingerprint density at radius 1 is 1.47 bits per heavy atom. The van der Waals surface area contributed by atoms with Gasteiger partial charge in [0.2, 0.25) is 0 Å². The van der Waals surface area contributed by atoms with E-state index in [9.17, 15) is 9.50 Å². The first-order chi connectivity index (χ1) is 9.15. The molecule has 4 N–H and O–H groups in total. The molecule has 0 spiro atoms. The number of aliphatic hydroxyl groups excluding tert-OH is 1. The van der Waals surface area contributed by atoms with Crippen LogP contribution in [0.2, 0.25) is 0 Å². The molecule has 3 unspecified atom stereocenters. The summed E-state index contributed by atoms with van der Waals surface area (Å²) in [4.78, 5) is 0. The first-order valence-electron chi connectivity index (χ1n) is 6.67. The quantitative estimate of drug-likeness (QED) is 0.776. The molecule has 3 nitrogen and oxygen atoms in total. The molecule has 0 bridgehead atoms. The van der Waals surface area contributed by atoms with E-state index in [0.29, 0.717) is 12.1 Å². The highest BCUT2D eigenvalue weighted by Crippen LogP contribution is 2.28. The number of halogens is 2. The van der Waals surface area contributed by atoms with Crippen molar-refractivity contribution in [3.05, 3.63) is 34.1 Å². The second-order valence-corrected chi connectivity index (χ2v) is 6.02. The van der Waals surface area contributed by atoms with Crippen molar-refractivity contribution in [1.82, 2.24) is 5.32 Å². The van der Waals surface area contributed by atoms with Gasteiger partial charge in [0, 0.05) is 35.3 Å². The van der Waals surface area contributed by atoms with Crippen molar-refractivity contribution >= 4 is 15.9 Å². The fourth-order valence-electron chi connectivity index (χ4n) is 2.80. The van der Waals surface area contributed by atoms with E-state index in [2.05, 4.69) is 21.2 Å². The molecule has 0 amide bonds. The number of hydrogen-bond acceptors (Lipinski definition) is 3. The van der Waals surface area contributed by atoms with E-state index >= 15 is 0 Å². The summed E-state index contributed by atoms with van der Waals surface area (Å²) in [5, 5.41) is 12.7. The van der Waals surface area contributed by atoms with Gasteiger partial charge in [-0.2, -0.15) is 0 Å². The third-order valence-electron chi connectivity index (χ3n) is 3.88. The van der Waals surface area contributed by atoms with E-state index < -0.39 is 0 Å². The van der Waals surface area contributed by atoms with Gasteiger partial charge in [-0.1, -0.05) is 28.4 Å². The zero-order valence-corrected chi connectivity index (χ0v) is 12.4. The molecule has 1 fully saturated rings. The van der Waals surface area contributed by atoms with Crippen LogP contribution in [0.15, 0.2) is 22.7 Å². The lowest BCUT2D eigenvalue weighted by atomic mass is 10.0. The SMILES string of the molecule is NCC(NC1CCCC1CO)c1ccc(Br)cc1F. The van der Waals surface area contributed by atoms with Crippen LogP contribution in [0, 0.1) is 11.7 Å². The number of aliphatic hydroxyl groups is 1. The molecule has 19 heavy (non-hydrogen) atoms. The Labute approximate surface area is 121 Å². The van der Waals surface area contributed by atoms with Crippen LogP contribution in [0.3, 0.4) is 0 Å². The topological polar surface area (TPSA) is 58.3 Å². The summed E-state index contributed by atoms with van der Waals surface area (Å²) in [7, 11) is 0. The summed E-state index contributed by atoms with van der Waals surface area (Å²) >= 11 is 3.25. The number of hydrogen-bond donors (Lipinski definition) is 3. The third-order valence-corrected chi connectivity index (χ3v) is 4.38. The molecule has 0 heterocycles. The van der Waals surface area contributed by atoms with Gasteiger partial charge in [-0.15, -0.1) is 0 Å². The number of benzene rings is 1. The lowest BCUT2D eigenvalue weighted by Crippen LogP contribution is -2.40. The number of nitrogens with one attached hydrogen (secondary N) is 1. The van der Waals surface area contributed by atoms with Crippen molar-refractivity contribution in [3.8, 4) is 0 Å². The highest BCUT2D eigenvalue weighted by Gasteiger charge is 2.29. The normalized spacial score (nSPS) is 24.6. The molecule has 0 saturated heterocycles. The zero-order chi connectivity index (χ0) is 13.8. The first-order valence-corrected chi connectivity index (χ1v) is 7.47. The van der Waals surface area contributed by atoms with Gasteiger partial charge in [0.25, 0.3) is 0 Å². The van der Waals surface area contributed by atoms with E-state index in [1.165, 1.54) is 6.07 Å². The molecule has 2 rings (SSSR count). The van der Waals surface area contributed by atoms with Gasteiger partial charge < -0.3 is 16.2 Å². The second-order valence-electron chi connectivity index (χ2n) is 5.10. The Morgan fingerprint density at radius 3 is 2.89 bits per heavy atom. The van der Waals surface area contributed by atoms with Gasteiger partial charge in [0.15, 0.2) is 0 Å². The van der Waals surface area contributed by atoms with Crippen LogP contribution in [0.25, 0.3) is 0 Å². The Hall–Kier alpha value is -0.490. The molecule has 1 aliphatic rings. The average molecular weight is 331 g/mol. The van der Waals surface area contributed by atoms with Gasteiger partial charge in [0.05, 0.1) is 0 Å². The van der Waals surface area contributed by atoms with Crippen LogP contribution < -0.4 is 11.1 Å². The van der Waals surface area contributed by atoms with Crippen molar-refractivity contribution < 1.29 is 9.50 Å². The van der Waals surface area contributed by atoms with Crippen molar-refractivity contribution in [3.63, 3.8) is 0 Å². The molecular weight excluding hydrogens is 311 g/mol. The molecule has 106 valence electrons. The summed E-state index contributed by atoms with van der Waals surface area (Å²) in [5.41, 5.74) is 6.37. The Bertz CT molecular complexity index is 430. The fraction of sp³-hybridized carbons (Fsp3) is 0.571. The summed E-state index contributed by atoms with van der Waals surface area (Å²) in [6, 6.07) is 5.05. The molecule has 0 aromatic heterocycles. The van der Waals surface area contributed by atoms with Crippen molar-refractivity contribution in [1.29, 1.82) is 0 Å². The minimum atomic E-state index is -0.254. The average Bonchev–Trinajstić information content (AvgIpc) is 2.84. The van der Waals surface area contributed by atoms with Crippen molar-refractivity contribution in [2.24, 2.45) is 11.7 Å². The van der Waals surface area contributed by atoms with E-state index in [4.69, 9.17) is 5.73 Å². The van der Waals surface area contributed by atoms with E-state index in [1.807, 2.05) is 6.07 Å². The summed E-state index contributed by atoms with van der Waals surface area (Å²) in [6.45, 7) is 0.519. The van der Waals surface area contributed by atoms with E-state index in [1.54, 1.807) is 6.07 Å². The summed E-state index contributed by atoms with van der Waals surface area (Å²) in [6.07, 6.45) is 3.14. The highest BCUT2D eigenvalue weighted by atomic mass is 79.9. The summed E-state index contributed by atoms with van der Waals surface area (Å²) < 4.78 is 14.7. The minimum absolute atomic E-state index is 0.178. The maximum Gasteiger partial charge on any atom is 0.129 e. The lowest BCUT2D eigenvalue weighted by molar-refractivity contribution is 0.199. The Kier molecular flexibility index (Phi) is 5.33. The highest BCUT2D eigenvalue weighted by molar-refractivity contribution is 9.10. The van der Waals surface area contributed by atoms with Crippen LogP contribution in [0.1, 0.15) is 30.9 Å². The largest absolute Gasteiger partial charge is 0.396 e. The van der Waals surface area contributed by atoms with Crippen LogP contribution in [-0.2, 0) is 0 Å². The molecule has 0 aliphatic heterocycles. The molecule has 1 aromatic carbocycles. The van der Waals surface area contributed by atoms with Crippen molar-refractivity contribution in [2.75, 3.05) is 13.2 Å². The molecule has 5 heteroatoms. The Balaban J connectivity index is 2.11. The van der Waals surface area contributed by atoms with Gasteiger partial charge in [-0.05, 0) is 30.9 Å². The molecule has 0 radical (unpaired) electrons. The molecule has 1 aliphatic carbocycles. The Morgan fingerprint density at radius 2 is 2.26 bits per heavy atom. The third kappa shape index (κ3) is 3.54. The fourth-order valence-corrected chi connectivity index (χ4v) is 3.14. The predicted octanol–water partition coefficient (Wildman–Crippen LogP) is 2.34. The smallest absolute Gasteiger partial charge is 0.129 e. The van der Waals surface area contributed by atoms with Crippen LogP contribution in [0.5, 0.6) is 0 Å². The standard InChI is InChI=1S/C14H20BrFN2O/c15-10-4-5-11(12(16)6-10)14(7-17)18-13-3-1-2-9(13)8-19/h4-6,9,13-14,18-19H,1-3,7-8,17H2. The lowest BCUT2D eigenvalue weighted by Gasteiger charge is -2.26. The molecule has 1 saturated carbocycles. The number of nitrogens with two attached hydrogens (primary N) is 1. The van der Waals surface area contributed by atoms with Gasteiger partial charge in [0.1, 0.15) is 5.82 Å². The summed E-state index contributed by atoms with van der Waals surface area (Å²) in [5.74, 6) is 0.00318. The van der Waals surface area contributed by atoms with Crippen LogP contribution in [-0.4, -0.2) is 24.3 Å². The molecule has 1 aromatic rings. The minimum Gasteiger partial charge on any atom is -0.396 e. The van der Waals surface area contributed by atoms with Gasteiger partial charge in [-0.25, -0.2) is 4.39 Å². The maximum atomic E-state index is 14.0. The maximum absolute atomic E-state index is 14.0. The molecular formula is C14H20BrFN2O.